The maximum absolute atomic E-state index is 2.47. The Morgan fingerprint density at radius 3 is 1.62 bits per heavy atom. The van der Waals surface area contributed by atoms with Crippen LogP contribution in [0.5, 0.6) is 0 Å². The van der Waals surface area contributed by atoms with E-state index in [2.05, 4.69) is 229 Å². The Bertz CT molecular complexity index is 2980. The van der Waals surface area contributed by atoms with Crippen LogP contribution in [0.25, 0.3) is 76.8 Å². The molecule has 1 nitrogen and oxygen atoms in total. The minimum atomic E-state index is 1.09. The fourth-order valence-corrected chi connectivity index (χ4v) is 8.16. The van der Waals surface area contributed by atoms with Gasteiger partial charge in [-0.2, -0.15) is 0 Å². The number of fused-ring (bicyclic) bond motifs is 4. The average Bonchev–Trinajstić information content (AvgIpc) is 3.27. The van der Waals surface area contributed by atoms with E-state index < -0.39 is 0 Å². The molecule has 1 heteroatoms. The largest absolute Gasteiger partial charge is 0.309 e. The molecule has 0 N–H and O–H groups in total. The number of anilines is 3. The first-order valence-electron chi connectivity index (χ1n) is 18.9. The summed E-state index contributed by atoms with van der Waals surface area (Å²) in [5.41, 5.74) is 12.8. The van der Waals surface area contributed by atoms with E-state index in [4.69, 9.17) is 0 Å². The Morgan fingerprint density at radius 1 is 0.236 bits per heavy atom. The molecule has 0 spiro atoms. The second-order valence-electron chi connectivity index (χ2n) is 14.1. The molecule has 0 aliphatic rings. The molecule has 0 heterocycles. The average molecular weight is 700 g/mol. The van der Waals surface area contributed by atoms with E-state index in [0.717, 1.165) is 22.6 Å². The fourth-order valence-electron chi connectivity index (χ4n) is 8.16. The first-order chi connectivity index (χ1) is 27.3. The number of rotatable bonds is 7. The second kappa shape index (κ2) is 14.0. The quantitative estimate of drug-likeness (QED) is 0.150. The van der Waals surface area contributed by atoms with Crippen LogP contribution >= 0.6 is 0 Å². The minimum absolute atomic E-state index is 1.09. The summed E-state index contributed by atoms with van der Waals surface area (Å²) in [5.74, 6) is 0. The Balaban J connectivity index is 1.25. The van der Waals surface area contributed by atoms with E-state index in [0.29, 0.717) is 0 Å². The van der Waals surface area contributed by atoms with Gasteiger partial charge < -0.3 is 4.90 Å². The van der Waals surface area contributed by atoms with Crippen molar-refractivity contribution in [1.82, 2.24) is 0 Å². The zero-order valence-corrected chi connectivity index (χ0v) is 30.3. The fraction of sp³-hybridized carbons (Fsp3) is 0. The molecule has 10 aromatic rings. The molecule has 0 amide bonds. The van der Waals surface area contributed by atoms with Crippen molar-refractivity contribution in [3.8, 4) is 44.5 Å². The van der Waals surface area contributed by atoms with E-state index in [1.807, 2.05) is 0 Å². The normalized spacial score (nSPS) is 11.3. The molecule has 0 unspecified atom stereocenters. The lowest BCUT2D eigenvalue weighted by atomic mass is 9.91. The predicted octanol–water partition coefficient (Wildman–Crippen LogP) is 15.3. The molecule has 10 rings (SSSR count). The van der Waals surface area contributed by atoms with Gasteiger partial charge in [-0.15, -0.1) is 0 Å². The highest BCUT2D eigenvalue weighted by Crippen LogP contribution is 2.48. The molecule has 0 saturated carbocycles. The lowest BCUT2D eigenvalue weighted by Gasteiger charge is -2.31. The van der Waals surface area contributed by atoms with Crippen molar-refractivity contribution in [2.45, 2.75) is 0 Å². The van der Waals surface area contributed by atoms with Crippen molar-refractivity contribution in [3.05, 3.63) is 224 Å². The van der Waals surface area contributed by atoms with Crippen molar-refractivity contribution in [1.29, 1.82) is 0 Å². The molecule has 0 atom stereocenters. The summed E-state index contributed by atoms with van der Waals surface area (Å²) in [6.45, 7) is 0. The monoisotopic (exact) mass is 699 g/mol. The standard InChI is InChI=1S/C54H37N/c1-3-16-38(17-4-1)44-32-33-54(51(36-44)40-19-5-2-6-20-40)55(46-24-15-23-42(35-46)43-31-30-39-18-7-8-21-41(39)34-43)53-29-14-13-28-50(53)52-37-45-22-9-10-25-47(45)48-26-11-12-27-49(48)52/h1-37H. The van der Waals surface area contributed by atoms with Gasteiger partial charge in [-0.1, -0.05) is 182 Å². The van der Waals surface area contributed by atoms with Crippen LogP contribution in [0.1, 0.15) is 0 Å². The van der Waals surface area contributed by atoms with Crippen LogP contribution in [0.15, 0.2) is 224 Å². The van der Waals surface area contributed by atoms with Crippen molar-refractivity contribution in [2.24, 2.45) is 0 Å². The van der Waals surface area contributed by atoms with Gasteiger partial charge in [-0.3, -0.25) is 0 Å². The van der Waals surface area contributed by atoms with Crippen molar-refractivity contribution in [3.63, 3.8) is 0 Å². The number of para-hydroxylation sites is 1. The molecule has 0 bridgehead atoms. The van der Waals surface area contributed by atoms with Gasteiger partial charge in [-0.05, 0) is 108 Å². The molecule has 0 fully saturated rings. The summed E-state index contributed by atoms with van der Waals surface area (Å²) < 4.78 is 0. The molecule has 0 aromatic heterocycles. The Kier molecular flexibility index (Phi) is 8.24. The summed E-state index contributed by atoms with van der Waals surface area (Å²) in [7, 11) is 0. The first-order valence-corrected chi connectivity index (χ1v) is 18.9. The smallest absolute Gasteiger partial charge is 0.0540 e. The SMILES string of the molecule is c1ccc(-c2ccc(N(c3cccc(-c4ccc5ccccc5c4)c3)c3ccccc3-c3cc4ccccc4c4ccccc34)c(-c3ccccc3)c2)cc1. The first kappa shape index (κ1) is 32.4. The molecule has 55 heavy (non-hydrogen) atoms. The number of hydrogen-bond acceptors (Lipinski definition) is 1. The van der Waals surface area contributed by atoms with Crippen LogP contribution in [0.2, 0.25) is 0 Å². The molecular weight excluding hydrogens is 663 g/mol. The molecule has 0 radical (unpaired) electrons. The lowest BCUT2D eigenvalue weighted by Crippen LogP contribution is -2.13. The molecule has 10 aromatic carbocycles. The summed E-state index contributed by atoms with van der Waals surface area (Å²) in [5, 5.41) is 7.47. The third kappa shape index (κ3) is 6.02. The van der Waals surface area contributed by atoms with Crippen molar-refractivity contribution >= 4 is 49.4 Å². The number of nitrogens with zero attached hydrogens (tertiary/aromatic N) is 1. The zero-order valence-electron chi connectivity index (χ0n) is 30.3. The molecule has 0 aliphatic heterocycles. The third-order valence-electron chi connectivity index (χ3n) is 10.8. The summed E-state index contributed by atoms with van der Waals surface area (Å²) in [6.07, 6.45) is 0. The van der Waals surface area contributed by atoms with Crippen LogP contribution in [-0.2, 0) is 0 Å². The predicted molar refractivity (Wildman–Crippen MR) is 235 cm³/mol. The minimum Gasteiger partial charge on any atom is -0.309 e. The Hall–Kier alpha value is -7.22. The van der Waals surface area contributed by atoms with Crippen molar-refractivity contribution < 1.29 is 0 Å². The van der Waals surface area contributed by atoms with Gasteiger partial charge in [-0.25, -0.2) is 0 Å². The van der Waals surface area contributed by atoms with Crippen LogP contribution in [-0.4, -0.2) is 0 Å². The van der Waals surface area contributed by atoms with E-state index in [9.17, 15) is 0 Å². The van der Waals surface area contributed by atoms with Crippen molar-refractivity contribution in [2.75, 3.05) is 4.90 Å². The maximum Gasteiger partial charge on any atom is 0.0540 e. The van der Waals surface area contributed by atoms with Gasteiger partial charge >= 0.3 is 0 Å². The van der Waals surface area contributed by atoms with E-state index in [-0.39, 0.29) is 0 Å². The molecule has 0 saturated heterocycles. The zero-order chi connectivity index (χ0) is 36.6. The molecule has 0 aliphatic carbocycles. The van der Waals surface area contributed by atoms with Gasteiger partial charge in [0.1, 0.15) is 0 Å². The van der Waals surface area contributed by atoms with E-state index >= 15 is 0 Å². The van der Waals surface area contributed by atoms with Gasteiger partial charge in [0.25, 0.3) is 0 Å². The molecule has 258 valence electrons. The van der Waals surface area contributed by atoms with Crippen LogP contribution in [0, 0.1) is 0 Å². The van der Waals surface area contributed by atoms with Gasteiger partial charge in [0.2, 0.25) is 0 Å². The van der Waals surface area contributed by atoms with Crippen LogP contribution in [0.4, 0.5) is 17.1 Å². The Labute approximate surface area is 322 Å². The maximum atomic E-state index is 2.47. The summed E-state index contributed by atoms with van der Waals surface area (Å²) in [4.78, 5) is 2.47. The number of hydrogen-bond donors (Lipinski definition) is 0. The van der Waals surface area contributed by atoms with E-state index in [1.165, 1.54) is 71.3 Å². The molecular formula is C54H37N. The highest BCUT2D eigenvalue weighted by molar-refractivity contribution is 6.15. The number of benzene rings is 10. The highest BCUT2D eigenvalue weighted by atomic mass is 15.1. The van der Waals surface area contributed by atoms with Crippen LogP contribution < -0.4 is 4.90 Å². The lowest BCUT2D eigenvalue weighted by molar-refractivity contribution is 1.28. The second-order valence-corrected chi connectivity index (χ2v) is 14.1. The van der Waals surface area contributed by atoms with Gasteiger partial charge in [0.15, 0.2) is 0 Å². The van der Waals surface area contributed by atoms with E-state index in [1.54, 1.807) is 0 Å². The highest BCUT2D eigenvalue weighted by Gasteiger charge is 2.23. The summed E-state index contributed by atoms with van der Waals surface area (Å²) >= 11 is 0. The van der Waals surface area contributed by atoms with Crippen LogP contribution in [0.3, 0.4) is 0 Å². The third-order valence-corrected chi connectivity index (χ3v) is 10.8. The summed E-state index contributed by atoms with van der Waals surface area (Å²) in [6, 6.07) is 81.6. The Morgan fingerprint density at radius 2 is 0.800 bits per heavy atom. The van der Waals surface area contributed by atoms with Gasteiger partial charge in [0, 0.05) is 16.8 Å². The topological polar surface area (TPSA) is 3.24 Å². The van der Waals surface area contributed by atoms with Gasteiger partial charge in [0.05, 0.1) is 11.4 Å².